The monoisotopic (exact) mass is 274 g/mol. The second-order valence-corrected chi connectivity index (χ2v) is 5.28. The van der Waals surface area contributed by atoms with Gasteiger partial charge in [-0.1, -0.05) is 36.4 Å². The standard InChI is InChI=1S/C16H22N2O2/c1-12(2)11-20-8-7-17-16(19)18-15-9-13-5-3-4-6-14(13)10-15/h3-6,15H,1,7-11H2,2H3,(H2,17,18,19). The van der Waals surface area contributed by atoms with Crippen LogP contribution in [0, 0.1) is 0 Å². The third-order valence-corrected chi connectivity index (χ3v) is 3.27. The molecule has 20 heavy (non-hydrogen) atoms. The van der Waals surface area contributed by atoms with E-state index in [-0.39, 0.29) is 12.1 Å². The molecule has 4 nitrogen and oxygen atoms in total. The Morgan fingerprint density at radius 3 is 2.60 bits per heavy atom. The number of rotatable bonds is 6. The molecule has 0 bridgehead atoms. The first-order valence-electron chi connectivity index (χ1n) is 6.98. The van der Waals surface area contributed by atoms with Gasteiger partial charge in [0.15, 0.2) is 0 Å². The molecule has 4 heteroatoms. The Balaban J connectivity index is 1.63. The van der Waals surface area contributed by atoms with Crippen LogP contribution in [0.2, 0.25) is 0 Å². The lowest BCUT2D eigenvalue weighted by molar-refractivity contribution is 0.157. The summed E-state index contributed by atoms with van der Waals surface area (Å²) in [6, 6.07) is 8.41. The summed E-state index contributed by atoms with van der Waals surface area (Å²) < 4.78 is 5.32. The number of ether oxygens (including phenoxy) is 1. The second kappa shape index (κ2) is 7.10. The Bertz CT molecular complexity index is 460. The van der Waals surface area contributed by atoms with Crippen LogP contribution in [0.4, 0.5) is 4.79 Å². The van der Waals surface area contributed by atoms with Crippen LogP contribution in [0.15, 0.2) is 36.4 Å². The van der Waals surface area contributed by atoms with Crippen LogP contribution in [0.5, 0.6) is 0 Å². The molecule has 1 aromatic carbocycles. The highest BCUT2D eigenvalue weighted by atomic mass is 16.5. The molecule has 2 amide bonds. The van der Waals surface area contributed by atoms with E-state index in [9.17, 15) is 4.79 Å². The van der Waals surface area contributed by atoms with Gasteiger partial charge in [-0.2, -0.15) is 0 Å². The molecule has 0 atom stereocenters. The van der Waals surface area contributed by atoms with Gasteiger partial charge in [0.1, 0.15) is 0 Å². The summed E-state index contributed by atoms with van der Waals surface area (Å²) >= 11 is 0. The van der Waals surface area contributed by atoms with E-state index in [1.54, 1.807) is 0 Å². The highest BCUT2D eigenvalue weighted by Crippen LogP contribution is 2.21. The number of nitrogens with one attached hydrogen (secondary N) is 2. The van der Waals surface area contributed by atoms with Crippen LogP contribution in [0.25, 0.3) is 0 Å². The molecular weight excluding hydrogens is 252 g/mol. The van der Waals surface area contributed by atoms with Crippen LogP contribution < -0.4 is 10.6 Å². The largest absolute Gasteiger partial charge is 0.375 e. The fraction of sp³-hybridized carbons (Fsp3) is 0.438. The van der Waals surface area contributed by atoms with Gasteiger partial charge in [-0.3, -0.25) is 0 Å². The highest BCUT2D eigenvalue weighted by Gasteiger charge is 2.21. The van der Waals surface area contributed by atoms with Gasteiger partial charge in [0.05, 0.1) is 13.2 Å². The highest BCUT2D eigenvalue weighted by molar-refractivity contribution is 5.74. The maximum Gasteiger partial charge on any atom is 0.315 e. The molecular formula is C16H22N2O2. The van der Waals surface area contributed by atoms with Gasteiger partial charge in [0.2, 0.25) is 0 Å². The van der Waals surface area contributed by atoms with Crippen LogP contribution >= 0.6 is 0 Å². The minimum absolute atomic E-state index is 0.123. The Hall–Kier alpha value is -1.81. The van der Waals surface area contributed by atoms with Crippen molar-refractivity contribution in [3.8, 4) is 0 Å². The van der Waals surface area contributed by atoms with E-state index in [0.29, 0.717) is 19.8 Å². The van der Waals surface area contributed by atoms with Crippen molar-refractivity contribution in [3.05, 3.63) is 47.5 Å². The van der Waals surface area contributed by atoms with E-state index >= 15 is 0 Å². The van der Waals surface area contributed by atoms with Crippen LogP contribution in [0.1, 0.15) is 18.1 Å². The average Bonchev–Trinajstić information content (AvgIpc) is 2.79. The molecule has 0 heterocycles. The maximum absolute atomic E-state index is 11.8. The smallest absolute Gasteiger partial charge is 0.315 e. The Morgan fingerprint density at radius 1 is 1.35 bits per heavy atom. The zero-order valence-electron chi connectivity index (χ0n) is 11.9. The minimum Gasteiger partial charge on any atom is -0.375 e. The number of benzene rings is 1. The third-order valence-electron chi connectivity index (χ3n) is 3.27. The van der Waals surface area contributed by atoms with E-state index < -0.39 is 0 Å². The van der Waals surface area contributed by atoms with Crippen molar-refractivity contribution in [3.63, 3.8) is 0 Å². The molecule has 0 aliphatic heterocycles. The molecule has 0 spiro atoms. The second-order valence-electron chi connectivity index (χ2n) is 5.28. The summed E-state index contributed by atoms with van der Waals surface area (Å²) in [5, 5.41) is 5.81. The Kier molecular flexibility index (Phi) is 5.18. The topological polar surface area (TPSA) is 50.4 Å². The maximum atomic E-state index is 11.8. The van der Waals surface area contributed by atoms with Gasteiger partial charge in [0, 0.05) is 12.6 Å². The van der Waals surface area contributed by atoms with Gasteiger partial charge in [-0.05, 0) is 30.9 Å². The van der Waals surface area contributed by atoms with Crippen molar-refractivity contribution in [2.45, 2.75) is 25.8 Å². The van der Waals surface area contributed by atoms with Crippen molar-refractivity contribution in [2.75, 3.05) is 19.8 Å². The Morgan fingerprint density at radius 2 is 2.00 bits per heavy atom. The predicted molar refractivity (Wildman–Crippen MR) is 79.8 cm³/mol. The summed E-state index contributed by atoms with van der Waals surface area (Å²) in [6.07, 6.45) is 1.82. The normalized spacial score (nSPS) is 13.8. The van der Waals surface area contributed by atoms with Crippen molar-refractivity contribution in [1.29, 1.82) is 0 Å². The quantitative estimate of drug-likeness (QED) is 0.616. The van der Waals surface area contributed by atoms with E-state index in [1.807, 2.05) is 19.1 Å². The number of carbonyl (C=O) groups is 1. The molecule has 0 fully saturated rings. The van der Waals surface area contributed by atoms with Gasteiger partial charge in [-0.15, -0.1) is 0 Å². The average molecular weight is 274 g/mol. The van der Waals surface area contributed by atoms with Crippen molar-refractivity contribution >= 4 is 6.03 Å². The first-order valence-corrected chi connectivity index (χ1v) is 6.98. The number of amides is 2. The van der Waals surface area contributed by atoms with Gasteiger partial charge >= 0.3 is 6.03 Å². The zero-order valence-corrected chi connectivity index (χ0v) is 11.9. The predicted octanol–water partition coefficient (Wildman–Crippen LogP) is 2.05. The summed E-state index contributed by atoms with van der Waals surface area (Å²) in [5.74, 6) is 0. The SMILES string of the molecule is C=C(C)COCCNC(=O)NC1Cc2ccccc2C1. The van der Waals surface area contributed by atoms with E-state index in [2.05, 4.69) is 29.3 Å². The van der Waals surface area contributed by atoms with Crippen LogP contribution in [-0.4, -0.2) is 31.8 Å². The zero-order chi connectivity index (χ0) is 14.4. The molecule has 1 aliphatic carbocycles. The van der Waals surface area contributed by atoms with E-state index in [0.717, 1.165) is 18.4 Å². The van der Waals surface area contributed by atoms with E-state index in [4.69, 9.17) is 4.74 Å². The van der Waals surface area contributed by atoms with Gasteiger partial charge in [-0.25, -0.2) is 4.79 Å². The molecule has 2 rings (SSSR count). The molecule has 0 saturated carbocycles. The fourth-order valence-corrected chi connectivity index (χ4v) is 2.38. The summed E-state index contributed by atoms with van der Waals surface area (Å²) in [4.78, 5) is 11.8. The van der Waals surface area contributed by atoms with Crippen LogP contribution in [0.3, 0.4) is 0 Å². The lowest BCUT2D eigenvalue weighted by atomic mass is 10.1. The summed E-state index contributed by atoms with van der Waals surface area (Å²) in [5.41, 5.74) is 3.66. The number of hydrogen-bond donors (Lipinski definition) is 2. The van der Waals surface area contributed by atoms with Crippen molar-refractivity contribution in [1.82, 2.24) is 10.6 Å². The molecule has 0 radical (unpaired) electrons. The number of hydrogen-bond acceptors (Lipinski definition) is 2. The minimum atomic E-state index is -0.123. The molecule has 0 unspecified atom stereocenters. The van der Waals surface area contributed by atoms with E-state index in [1.165, 1.54) is 11.1 Å². The first kappa shape index (κ1) is 14.6. The summed E-state index contributed by atoms with van der Waals surface area (Å²) in [7, 11) is 0. The third kappa shape index (κ3) is 4.38. The molecule has 108 valence electrons. The molecule has 0 aromatic heterocycles. The molecule has 1 aromatic rings. The molecule has 2 N–H and O–H groups in total. The Labute approximate surface area is 120 Å². The van der Waals surface area contributed by atoms with Gasteiger partial charge < -0.3 is 15.4 Å². The lowest BCUT2D eigenvalue weighted by Gasteiger charge is -2.13. The van der Waals surface area contributed by atoms with Crippen LogP contribution in [-0.2, 0) is 17.6 Å². The number of fused-ring (bicyclic) bond motifs is 1. The molecule has 0 saturated heterocycles. The van der Waals surface area contributed by atoms with Crippen molar-refractivity contribution in [2.24, 2.45) is 0 Å². The fourth-order valence-electron chi connectivity index (χ4n) is 2.38. The molecule has 1 aliphatic rings. The van der Waals surface area contributed by atoms with Gasteiger partial charge in [0.25, 0.3) is 0 Å². The van der Waals surface area contributed by atoms with Crippen molar-refractivity contribution < 1.29 is 9.53 Å². The lowest BCUT2D eigenvalue weighted by Crippen LogP contribution is -2.43. The first-order chi connectivity index (χ1) is 9.65. The number of carbonyl (C=O) groups excluding carboxylic acids is 1. The summed E-state index contributed by atoms with van der Waals surface area (Å²) in [6.45, 7) is 7.23. The number of urea groups is 1.